The van der Waals surface area contributed by atoms with E-state index in [0.29, 0.717) is 12.5 Å². The van der Waals surface area contributed by atoms with Crippen LogP contribution in [0.2, 0.25) is 0 Å². The molecular weight excluding hydrogens is 282 g/mol. The monoisotopic (exact) mass is 311 g/mol. The molecule has 0 aliphatic heterocycles. The summed E-state index contributed by atoms with van der Waals surface area (Å²) in [5.41, 5.74) is 5.23. The summed E-state index contributed by atoms with van der Waals surface area (Å²) < 4.78 is 6.03. The van der Waals surface area contributed by atoms with E-state index >= 15 is 0 Å². The Morgan fingerprint density at radius 3 is 2.57 bits per heavy atom. The van der Waals surface area contributed by atoms with Gasteiger partial charge < -0.3 is 10.1 Å². The lowest BCUT2D eigenvalue weighted by Crippen LogP contribution is -2.14. The molecule has 2 aromatic rings. The zero-order valence-electron chi connectivity index (χ0n) is 14.9. The van der Waals surface area contributed by atoms with Crippen molar-refractivity contribution in [2.75, 3.05) is 18.5 Å². The molecule has 1 atom stereocenters. The van der Waals surface area contributed by atoms with Crippen LogP contribution in [0.25, 0.3) is 0 Å². The molecule has 0 aliphatic rings. The van der Waals surface area contributed by atoms with Gasteiger partial charge in [-0.15, -0.1) is 0 Å². The van der Waals surface area contributed by atoms with E-state index in [-0.39, 0.29) is 0 Å². The molecule has 1 unspecified atom stereocenters. The lowest BCUT2D eigenvalue weighted by Gasteiger charge is -2.17. The van der Waals surface area contributed by atoms with Gasteiger partial charge in [-0.05, 0) is 48.4 Å². The van der Waals surface area contributed by atoms with E-state index in [9.17, 15) is 0 Å². The molecule has 2 heteroatoms. The second-order valence-electron chi connectivity index (χ2n) is 6.08. The summed E-state index contributed by atoms with van der Waals surface area (Å²) in [6.45, 7) is 10.3. The minimum atomic E-state index is 0.530. The Bertz CT molecular complexity index is 621. The van der Waals surface area contributed by atoms with Crippen LogP contribution in [0.3, 0.4) is 0 Å². The van der Waals surface area contributed by atoms with E-state index < -0.39 is 0 Å². The average Bonchev–Trinajstić information content (AvgIpc) is 2.59. The molecule has 2 nitrogen and oxygen atoms in total. The van der Waals surface area contributed by atoms with Crippen molar-refractivity contribution in [1.82, 2.24) is 0 Å². The number of nitrogens with one attached hydrogen (secondary N) is 1. The van der Waals surface area contributed by atoms with Gasteiger partial charge in [-0.25, -0.2) is 0 Å². The molecule has 0 amide bonds. The summed E-state index contributed by atoms with van der Waals surface area (Å²) in [5, 5.41) is 3.54. The van der Waals surface area contributed by atoms with Crippen LogP contribution in [0.4, 0.5) is 5.69 Å². The molecule has 0 fully saturated rings. The van der Waals surface area contributed by atoms with Gasteiger partial charge in [-0.1, -0.05) is 57.2 Å². The van der Waals surface area contributed by atoms with Crippen molar-refractivity contribution in [3.05, 3.63) is 59.2 Å². The topological polar surface area (TPSA) is 21.3 Å². The van der Waals surface area contributed by atoms with Gasteiger partial charge in [0.2, 0.25) is 0 Å². The standard InChI is InChI=1S/C21H29NO/c1-5-16(3)19-12-7-8-13-20(19)23-15-14-22-21-17(4)10-9-11-18(21)6-2/h7-13,16,22H,5-6,14-15H2,1-4H3. The predicted octanol–water partition coefficient (Wildman–Crippen LogP) is 5.56. The first-order valence-electron chi connectivity index (χ1n) is 8.71. The summed E-state index contributed by atoms with van der Waals surface area (Å²) in [4.78, 5) is 0. The molecule has 2 rings (SSSR count). The van der Waals surface area contributed by atoms with Crippen molar-refractivity contribution in [2.45, 2.75) is 46.5 Å². The van der Waals surface area contributed by atoms with Crippen LogP contribution in [0.15, 0.2) is 42.5 Å². The number of hydrogen-bond acceptors (Lipinski definition) is 2. The lowest BCUT2D eigenvalue weighted by atomic mass is 9.98. The Morgan fingerprint density at radius 2 is 1.83 bits per heavy atom. The highest BCUT2D eigenvalue weighted by Crippen LogP contribution is 2.28. The van der Waals surface area contributed by atoms with Crippen LogP contribution in [0.5, 0.6) is 5.75 Å². The van der Waals surface area contributed by atoms with Gasteiger partial charge in [0.1, 0.15) is 12.4 Å². The van der Waals surface area contributed by atoms with Gasteiger partial charge in [0, 0.05) is 12.2 Å². The van der Waals surface area contributed by atoms with E-state index in [4.69, 9.17) is 4.74 Å². The van der Waals surface area contributed by atoms with Crippen molar-refractivity contribution in [2.24, 2.45) is 0 Å². The van der Waals surface area contributed by atoms with Crippen LogP contribution >= 0.6 is 0 Å². The Morgan fingerprint density at radius 1 is 1.04 bits per heavy atom. The molecule has 0 saturated carbocycles. The number of aryl methyl sites for hydroxylation is 2. The average molecular weight is 311 g/mol. The van der Waals surface area contributed by atoms with Gasteiger partial charge in [0.05, 0.1) is 0 Å². The highest BCUT2D eigenvalue weighted by molar-refractivity contribution is 5.57. The summed E-state index contributed by atoms with van der Waals surface area (Å²) >= 11 is 0. The Kier molecular flexibility index (Phi) is 6.52. The van der Waals surface area contributed by atoms with Gasteiger partial charge in [0.25, 0.3) is 0 Å². The van der Waals surface area contributed by atoms with Crippen molar-refractivity contribution in [1.29, 1.82) is 0 Å². The molecular formula is C21H29NO. The van der Waals surface area contributed by atoms with Crippen LogP contribution in [-0.2, 0) is 6.42 Å². The molecule has 0 bridgehead atoms. The molecule has 0 aliphatic carbocycles. The predicted molar refractivity (Wildman–Crippen MR) is 99.7 cm³/mol. The van der Waals surface area contributed by atoms with Crippen molar-refractivity contribution < 1.29 is 4.74 Å². The molecule has 0 spiro atoms. The maximum atomic E-state index is 6.03. The number of rotatable bonds is 8. The highest BCUT2D eigenvalue weighted by Gasteiger charge is 2.09. The number of anilines is 1. The first-order chi connectivity index (χ1) is 11.2. The smallest absolute Gasteiger partial charge is 0.122 e. The van der Waals surface area contributed by atoms with Gasteiger partial charge in [-0.3, -0.25) is 0 Å². The maximum Gasteiger partial charge on any atom is 0.122 e. The molecule has 0 aromatic heterocycles. The first kappa shape index (κ1) is 17.4. The third kappa shape index (κ3) is 4.51. The van der Waals surface area contributed by atoms with E-state index in [1.807, 2.05) is 6.07 Å². The van der Waals surface area contributed by atoms with Gasteiger partial charge in [-0.2, -0.15) is 0 Å². The van der Waals surface area contributed by atoms with Gasteiger partial charge in [0.15, 0.2) is 0 Å². The molecule has 23 heavy (non-hydrogen) atoms. The molecule has 1 N–H and O–H groups in total. The normalized spacial score (nSPS) is 12.0. The van der Waals surface area contributed by atoms with Crippen molar-refractivity contribution >= 4 is 5.69 Å². The largest absolute Gasteiger partial charge is 0.491 e. The number of benzene rings is 2. The fraction of sp³-hybridized carbons (Fsp3) is 0.429. The van der Waals surface area contributed by atoms with E-state index in [0.717, 1.165) is 25.1 Å². The molecule has 124 valence electrons. The van der Waals surface area contributed by atoms with E-state index in [2.05, 4.69) is 69.4 Å². The minimum Gasteiger partial charge on any atom is -0.491 e. The van der Waals surface area contributed by atoms with Crippen LogP contribution in [0, 0.1) is 6.92 Å². The minimum absolute atomic E-state index is 0.530. The summed E-state index contributed by atoms with van der Waals surface area (Å²) in [5.74, 6) is 1.55. The SMILES string of the molecule is CCc1cccc(C)c1NCCOc1ccccc1C(C)CC. The third-order valence-electron chi connectivity index (χ3n) is 4.46. The number of para-hydroxylation sites is 2. The number of hydrogen-bond donors (Lipinski definition) is 1. The summed E-state index contributed by atoms with van der Waals surface area (Å²) in [7, 11) is 0. The van der Waals surface area contributed by atoms with E-state index in [1.165, 1.54) is 22.4 Å². The highest BCUT2D eigenvalue weighted by atomic mass is 16.5. The zero-order chi connectivity index (χ0) is 16.7. The Hall–Kier alpha value is -1.96. The van der Waals surface area contributed by atoms with Crippen LogP contribution in [-0.4, -0.2) is 13.2 Å². The summed E-state index contributed by atoms with van der Waals surface area (Å²) in [6, 6.07) is 14.9. The van der Waals surface area contributed by atoms with Crippen LogP contribution in [0.1, 0.15) is 49.8 Å². The van der Waals surface area contributed by atoms with Crippen molar-refractivity contribution in [3.8, 4) is 5.75 Å². The third-order valence-corrected chi connectivity index (χ3v) is 4.46. The quantitative estimate of drug-likeness (QED) is 0.644. The fourth-order valence-corrected chi connectivity index (χ4v) is 2.85. The molecule has 2 aromatic carbocycles. The second-order valence-corrected chi connectivity index (χ2v) is 6.08. The molecule has 0 saturated heterocycles. The van der Waals surface area contributed by atoms with E-state index in [1.54, 1.807) is 0 Å². The molecule has 0 radical (unpaired) electrons. The lowest BCUT2D eigenvalue weighted by molar-refractivity contribution is 0.327. The Labute approximate surface area is 140 Å². The first-order valence-corrected chi connectivity index (χ1v) is 8.71. The fourth-order valence-electron chi connectivity index (χ4n) is 2.85. The zero-order valence-corrected chi connectivity index (χ0v) is 14.9. The Balaban J connectivity index is 1.94. The number of ether oxygens (including phenoxy) is 1. The second kappa shape index (κ2) is 8.61. The maximum absolute atomic E-state index is 6.03. The van der Waals surface area contributed by atoms with Crippen LogP contribution < -0.4 is 10.1 Å². The summed E-state index contributed by atoms with van der Waals surface area (Å²) in [6.07, 6.45) is 2.17. The van der Waals surface area contributed by atoms with Crippen molar-refractivity contribution in [3.63, 3.8) is 0 Å². The van der Waals surface area contributed by atoms with Gasteiger partial charge >= 0.3 is 0 Å². The molecule has 0 heterocycles.